The second-order valence-electron chi connectivity index (χ2n) is 4.70. The summed E-state index contributed by atoms with van der Waals surface area (Å²) in [5.74, 6) is -0.612. The number of benzene rings is 1. The summed E-state index contributed by atoms with van der Waals surface area (Å²) in [6.45, 7) is 3.98. The van der Waals surface area contributed by atoms with Crippen LogP contribution in [0.25, 0.3) is 0 Å². The summed E-state index contributed by atoms with van der Waals surface area (Å²) in [7, 11) is 1.39. The van der Waals surface area contributed by atoms with Gasteiger partial charge in [0.1, 0.15) is 13.2 Å². The van der Waals surface area contributed by atoms with Crippen molar-refractivity contribution < 1.29 is 19.4 Å². The van der Waals surface area contributed by atoms with E-state index in [-0.39, 0.29) is 13.2 Å². The Morgan fingerprint density at radius 1 is 1.26 bits per heavy atom. The minimum Gasteiger partial charge on any atom is -0.480 e. The van der Waals surface area contributed by atoms with Crippen molar-refractivity contribution in [3.05, 3.63) is 35.4 Å². The van der Waals surface area contributed by atoms with Crippen LogP contribution in [0.15, 0.2) is 24.3 Å². The van der Waals surface area contributed by atoms with E-state index < -0.39 is 12.1 Å². The number of carbonyl (C=O) groups is 2. The first-order valence-corrected chi connectivity index (χ1v) is 6.08. The summed E-state index contributed by atoms with van der Waals surface area (Å²) in [6, 6.07) is 7.79. The fourth-order valence-electron chi connectivity index (χ4n) is 1.52. The number of hydrogen-bond acceptors (Lipinski definition) is 3. The smallest absolute Gasteiger partial charge is 0.410 e. The molecule has 0 fully saturated rings. The zero-order chi connectivity index (χ0) is 14.4. The van der Waals surface area contributed by atoms with Crippen molar-refractivity contribution in [1.82, 2.24) is 4.90 Å². The first-order chi connectivity index (χ1) is 8.90. The quantitative estimate of drug-likeness (QED) is 0.888. The maximum Gasteiger partial charge on any atom is 0.410 e. The van der Waals surface area contributed by atoms with Gasteiger partial charge in [0.25, 0.3) is 0 Å². The highest BCUT2D eigenvalue weighted by atomic mass is 16.6. The number of rotatable bonds is 5. The van der Waals surface area contributed by atoms with Crippen LogP contribution < -0.4 is 0 Å². The van der Waals surface area contributed by atoms with Gasteiger partial charge in [0.2, 0.25) is 0 Å². The third-order valence-electron chi connectivity index (χ3n) is 2.69. The first kappa shape index (κ1) is 15.0. The van der Waals surface area contributed by atoms with E-state index in [9.17, 15) is 9.59 Å². The molecule has 1 N–H and O–H groups in total. The molecule has 0 aliphatic heterocycles. The summed E-state index contributed by atoms with van der Waals surface area (Å²) >= 11 is 0. The zero-order valence-electron chi connectivity index (χ0n) is 11.4. The maximum atomic E-state index is 11.5. The predicted octanol–water partition coefficient (Wildman–Crippen LogP) is 2.46. The lowest BCUT2D eigenvalue weighted by atomic mass is 10.0. The molecule has 5 nitrogen and oxygen atoms in total. The summed E-state index contributed by atoms with van der Waals surface area (Å²) in [4.78, 5) is 22.9. The number of nitrogens with zero attached hydrogens (tertiary/aromatic N) is 1. The third-order valence-corrected chi connectivity index (χ3v) is 2.69. The molecule has 1 aromatic carbocycles. The highest BCUT2D eigenvalue weighted by Crippen LogP contribution is 2.15. The Labute approximate surface area is 112 Å². The molecule has 1 aromatic rings. The van der Waals surface area contributed by atoms with Gasteiger partial charge in [-0.25, -0.2) is 4.79 Å². The lowest BCUT2D eigenvalue weighted by Crippen LogP contribution is -2.32. The maximum absolute atomic E-state index is 11.5. The molecule has 104 valence electrons. The molecule has 0 radical (unpaired) electrons. The van der Waals surface area contributed by atoms with Crippen LogP contribution in [0, 0.1) is 0 Å². The van der Waals surface area contributed by atoms with Gasteiger partial charge in [-0.2, -0.15) is 0 Å². The Balaban J connectivity index is 2.48. The van der Waals surface area contributed by atoms with Gasteiger partial charge in [0, 0.05) is 7.05 Å². The van der Waals surface area contributed by atoms with Crippen molar-refractivity contribution in [2.75, 3.05) is 13.6 Å². The molecule has 0 aliphatic rings. The van der Waals surface area contributed by atoms with E-state index in [1.54, 1.807) is 0 Å². The number of amides is 1. The number of carboxylic acids is 1. The lowest BCUT2D eigenvalue weighted by molar-refractivity contribution is -0.137. The van der Waals surface area contributed by atoms with Crippen molar-refractivity contribution in [1.29, 1.82) is 0 Å². The van der Waals surface area contributed by atoms with Crippen LogP contribution in [0.3, 0.4) is 0 Å². The Morgan fingerprint density at radius 3 is 2.32 bits per heavy atom. The molecular weight excluding hydrogens is 246 g/mol. The molecule has 0 saturated heterocycles. The van der Waals surface area contributed by atoms with Gasteiger partial charge in [0.05, 0.1) is 0 Å². The van der Waals surface area contributed by atoms with Gasteiger partial charge < -0.3 is 14.7 Å². The molecule has 0 bridgehead atoms. The minimum atomic E-state index is -1.07. The van der Waals surface area contributed by atoms with Crippen LogP contribution in [-0.4, -0.2) is 35.7 Å². The molecule has 0 unspecified atom stereocenters. The van der Waals surface area contributed by atoms with Crippen molar-refractivity contribution >= 4 is 12.1 Å². The Kier molecular flexibility index (Phi) is 5.36. The Morgan fingerprint density at radius 2 is 1.84 bits per heavy atom. The molecule has 0 spiro atoms. The van der Waals surface area contributed by atoms with E-state index in [0.717, 1.165) is 10.5 Å². The standard InChI is InChI=1S/C14H19NO4/c1-10(2)12-6-4-11(5-7-12)9-19-14(18)15(3)8-13(16)17/h4-7,10H,8-9H2,1-3H3,(H,16,17). The van der Waals surface area contributed by atoms with Crippen LogP contribution >= 0.6 is 0 Å². The Bertz CT molecular complexity index is 439. The van der Waals surface area contributed by atoms with Crippen LogP contribution in [0.5, 0.6) is 0 Å². The van der Waals surface area contributed by atoms with E-state index in [2.05, 4.69) is 13.8 Å². The molecule has 0 aliphatic carbocycles. The fraction of sp³-hybridized carbons (Fsp3) is 0.429. The van der Waals surface area contributed by atoms with Crippen molar-refractivity contribution in [2.45, 2.75) is 26.4 Å². The van der Waals surface area contributed by atoms with Crippen LogP contribution in [0.2, 0.25) is 0 Å². The van der Waals surface area contributed by atoms with E-state index in [1.807, 2.05) is 24.3 Å². The molecule has 0 aromatic heterocycles. The minimum absolute atomic E-state index is 0.140. The van der Waals surface area contributed by atoms with Gasteiger partial charge >= 0.3 is 12.1 Å². The van der Waals surface area contributed by atoms with E-state index in [1.165, 1.54) is 12.6 Å². The number of carbonyl (C=O) groups excluding carboxylic acids is 1. The van der Waals surface area contributed by atoms with Crippen LogP contribution in [0.4, 0.5) is 4.79 Å². The monoisotopic (exact) mass is 265 g/mol. The fourth-order valence-corrected chi connectivity index (χ4v) is 1.52. The second kappa shape index (κ2) is 6.78. The second-order valence-corrected chi connectivity index (χ2v) is 4.70. The molecular formula is C14H19NO4. The van der Waals surface area contributed by atoms with Crippen molar-refractivity contribution in [2.24, 2.45) is 0 Å². The van der Waals surface area contributed by atoms with E-state index in [0.29, 0.717) is 5.92 Å². The normalized spacial score (nSPS) is 10.3. The van der Waals surface area contributed by atoms with Crippen LogP contribution in [0.1, 0.15) is 30.9 Å². The zero-order valence-corrected chi connectivity index (χ0v) is 11.4. The number of aliphatic carboxylic acids is 1. The number of hydrogen-bond donors (Lipinski definition) is 1. The summed E-state index contributed by atoms with van der Waals surface area (Å²) in [6.07, 6.45) is -0.643. The average molecular weight is 265 g/mol. The topological polar surface area (TPSA) is 66.8 Å². The largest absolute Gasteiger partial charge is 0.480 e. The molecule has 0 atom stereocenters. The van der Waals surface area contributed by atoms with Gasteiger partial charge in [-0.15, -0.1) is 0 Å². The van der Waals surface area contributed by atoms with E-state index in [4.69, 9.17) is 9.84 Å². The molecule has 1 amide bonds. The third kappa shape index (κ3) is 4.99. The molecule has 0 heterocycles. The van der Waals surface area contributed by atoms with Crippen molar-refractivity contribution in [3.8, 4) is 0 Å². The Hall–Kier alpha value is -2.04. The predicted molar refractivity (Wildman–Crippen MR) is 71.0 cm³/mol. The van der Waals surface area contributed by atoms with Crippen LogP contribution in [-0.2, 0) is 16.1 Å². The number of ether oxygens (including phenoxy) is 1. The van der Waals surface area contributed by atoms with Gasteiger partial charge in [-0.05, 0) is 17.0 Å². The summed E-state index contributed by atoms with van der Waals surface area (Å²) in [5.41, 5.74) is 2.10. The molecule has 5 heteroatoms. The highest BCUT2D eigenvalue weighted by Gasteiger charge is 2.13. The first-order valence-electron chi connectivity index (χ1n) is 6.08. The summed E-state index contributed by atoms with van der Waals surface area (Å²) in [5, 5.41) is 8.55. The van der Waals surface area contributed by atoms with Gasteiger partial charge in [-0.3, -0.25) is 4.79 Å². The highest BCUT2D eigenvalue weighted by molar-refractivity contribution is 5.76. The SMILES string of the molecule is CC(C)c1ccc(COC(=O)N(C)CC(=O)O)cc1. The average Bonchev–Trinajstić information content (AvgIpc) is 2.35. The lowest BCUT2D eigenvalue weighted by Gasteiger charge is -2.14. The molecule has 1 rings (SSSR count). The van der Waals surface area contributed by atoms with Gasteiger partial charge in [-0.1, -0.05) is 38.1 Å². The molecule has 0 saturated carbocycles. The summed E-state index contributed by atoms with van der Waals surface area (Å²) < 4.78 is 5.01. The molecule has 19 heavy (non-hydrogen) atoms. The van der Waals surface area contributed by atoms with Crippen molar-refractivity contribution in [3.63, 3.8) is 0 Å². The number of carboxylic acid groups (broad SMARTS) is 1. The van der Waals surface area contributed by atoms with Gasteiger partial charge in [0.15, 0.2) is 0 Å². The van der Waals surface area contributed by atoms with E-state index >= 15 is 0 Å². The number of likely N-dealkylation sites (N-methyl/N-ethyl adjacent to an activating group) is 1.